The van der Waals surface area contributed by atoms with Crippen LogP contribution in [0.3, 0.4) is 0 Å². The highest BCUT2D eigenvalue weighted by atomic mass is 32.2. The molecule has 0 spiro atoms. The number of hydrogen-bond donors (Lipinski definition) is 1. The van der Waals surface area contributed by atoms with Gasteiger partial charge in [0, 0.05) is 5.41 Å². The molecule has 98 valence electrons. The zero-order valence-corrected chi connectivity index (χ0v) is 11.3. The van der Waals surface area contributed by atoms with Gasteiger partial charge in [-0.3, -0.25) is 4.79 Å². The van der Waals surface area contributed by atoms with Gasteiger partial charge in [-0.05, 0) is 23.6 Å². The number of carboxylic acid groups (broad SMARTS) is 1. The van der Waals surface area contributed by atoms with Crippen LogP contribution < -0.4 is 0 Å². The van der Waals surface area contributed by atoms with Crippen molar-refractivity contribution in [3.8, 4) is 0 Å². The van der Waals surface area contributed by atoms with Gasteiger partial charge in [0.05, 0.1) is 17.1 Å². The summed E-state index contributed by atoms with van der Waals surface area (Å²) in [5.74, 6) is -0.696. The monoisotopic (exact) mass is 268 g/mol. The predicted molar refractivity (Wildman–Crippen MR) is 67.5 cm³/mol. The minimum atomic E-state index is -3.11. The third-order valence-electron chi connectivity index (χ3n) is 3.41. The molecule has 0 saturated carbocycles. The molecule has 1 N–H and O–H groups in total. The van der Waals surface area contributed by atoms with Gasteiger partial charge in [0.2, 0.25) is 0 Å². The fraction of sp³-hybridized carbons (Fsp3) is 0.462. The fourth-order valence-corrected chi connectivity index (χ4v) is 3.88. The Morgan fingerprint density at radius 3 is 2.67 bits per heavy atom. The van der Waals surface area contributed by atoms with Crippen molar-refractivity contribution in [1.82, 2.24) is 0 Å². The fourth-order valence-electron chi connectivity index (χ4n) is 2.33. The topological polar surface area (TPSA) is 71.4 Å². The Morgan fingerprint density at radius 1 is 1.39 bits per heavy atom. The molecule has 0 bridgehead atoms. The molecule has 1 aromatic rings. The van der Waals surface area contributed by atoms with Crippen molar-refractivity contribution in [3.63, 3.8) is 0 Å². The largest absolute Gasteiger partial charge is 0.481 e. The second-order valence-electron chi connectivity index (χ2n) is 5.35. The predicted octanol–water partition coefficient (Wildman–Crippen LogP) is 1.77. The first-order chi connectivity index (χ1) is 8.22. The Bertz CT molecular complexity index is 599. The van der Waals surface area contributed by atoms with E-state index in [9.17, 15) is 13.2 Å². The van der Waals surface area contributed by atoms with E-state index in [0.29, 0.717) is 11.3 Å². The number of sulfone groups is 1. The maximum Gasteiger partial charge on any atom is 0.304 e. The average Bonchev–Trinajstić information content (AvgIpc) is 2.53. The summed E-state index contributed by atoms with van der Waals surface area (Å²) in [5, 5.41) is 8.89. The molecule has 2 rings (SSSR count). The van der Waals surface area contributed by atoms with Gasteiger partial charge in [-0.2, -0.15) is 0 Å². The van der Waals surface area contributed by atoms with Crippen LogP contribution in [0.25, 0.3) is 0 Å². The summed E-state index contributed by atoms with van der Waals surface area (Å²) in [6.45, 7) is 3.71. The van der Waals surface area contributed by atoms with Gasteiger partial charge >= 0.3 is 5.97 Å². The number of fused-ring (bicyclic) bond motifs is 1. The van der Waals surface area contributed by atoms with Crippen LogP contribution in [0.1, 0.15) is 31.4 Å². The summed E-state index contributed by atoms with van der Waals surface area (Å²) in [7, 11) is -3.11. The van der Waals surface area contributed by atoms with E-state index in [1.165, 1.54) is 0 Å². The van der Waals surface area contributed by atoms with Gasteiger partial charge in [0.25, 0.3) is 0 Å². The summed E-state index contributed by atoms with van der Waals surface area (Å²) in [5.41, 5.74) is 1.19. The maximum absolute atomic E-state index is 11.7. The number of benzene rings is 1. The molecule has 0 atom stereocenters. The first kappa shape index (κ1) is 13.1. The standard InChI is InChI=1S/C13H16O4S/c1-13(2,8-12(14)15)10-3-4-11-9(7-10)5-6-18(11,16)17/h3-4,7H,5-6,8H2,1-2H3,(H,14,15). The lowest BCUT2D eigenvalue weighted by Crippen LogP contribution is -2.21. The molecule has 4 nitrogen and oxygen atoms in total. The zero-order chi connectivity index (χ0) is 13.6. The van der Waals surface area contributed by atoms with Crippen molar-refractivity contribution >= 4 is 15.8 Å². The summed E-state index contributed by atoms with van der Waals surface area (Å²) >= 11 is 0. The molecule has 0 saturated heterocycles. The third-order valence-corrected chi connectivity index (χ3v) is 5.22. The smallest absolute Gasteiger partial charge is 0.304 e. The van der Waals surface area contributed by atoms with E-state index < -0.39 is 21.2 Å². The van der Waals surface area contributed by atoms with Crippen molar-refractivity contribution < 1.29 is 18.3 Å². The molecule has 1 heterocycles. The Kier molecular flexibility index (Phi) is 2.97. The summed E-state index contributed by atoms with van der Waals surface area (Å²) in [6.07, 6.45) is 0.549. The van der Waals surface area contributed by atoms with E-state index in [1.807, 2.05) is 19.9 Å². The molecule has 0 aromatic heterocycles. The Morgan fingerprint density at radius 2 is 2.06 bits per heavy atom. The SMILES string of the molecule is CC(C)(CC(=O)O)c1ccc2c(c1)CCS2(=O)=O. The van der Waals surface area contributed by atoms with E-state index in [0.717, 1.165) is 11.1 Å². The Balaban J connectivity index is 2.42. The van der Waals surface area contributed by atoms with Gasteiger partial charge in [0.15, 0.2) is 9.84 Å². The van der Waals surface area contributed by atoms with Crippen molar-refractivity contribution in [2.24, 2.45) is 0 Å². The summed E-state index contributed by atoms with van der Waals surface area (Å²) in [4.78, 5) is 11.2. The van der Waals surface area contributed by atoms with Crippen LogP contribution in [-0.4, -0.2) is 25.2 Å². The minimum Gasteiger partial charge on any atom is -0.481 e. The van der Waals surface area contributed by atoms with Crippen molar-refractivity contribution in [3.05, 3.63) is 29.3 Å². The van der Waals surface area contributed by atoms with E-state index in [4.69, 9.17) is 5.11 Å². The first-order valence-electron chi connectivity index (χ1n) is 5.80. The Labute approximate surface area is 107 Å². The van der Waals surface area contributed by atoms with Crippen molar-refractivity contribution in [2.45, 2.75) is 37.0 Å². The molecule has 18 heavy (non-hydrogen) atoms. The molecule has 0 aliphatic carbocycles. The number of carbonyl (C=O) groups is 1. The highest BCUT2D eigenvalue weighted by Crippen LogP contribution is 2.33. The number of carboxylic acids is 1. The summed E-state index contributed by atoms with van der Waals surface area (Å²) < 4.78 is 23.4. The third kappa shape index (κ3) is 2.27. The molecule has 1 aromatic carbocycles. The van der Waals surface area contributed by atoms with Crippen molar-refractivity contribution in [2.75, 3.05) is 5.75 Å². The molecule has 5 heteroatoms. The van der Waals surface area contributed by atoms with Crippen LogP contribution in [0.2, 0.25) is 0 Å². The quantitative estimate of drug-likeness (QED) is 0.907. The maximum atomic E-state index is 11.7. The number of aryl methyl sites for hydroxylation is 1. The minimum absolute atomic E-state index is 0.0263. The Hall–Kier alpha value is -1.36. The van der Waals surface area contributed by atoms with Gasteiger partial charge < -0.3 is 5.11 Å². The van der Waals surface area contributed by atoms with Gasteiger partial charge in [0.1, 0.15) is 0 Å². The zero-order valence-electron chi connectivity index (χ0n) is 10.4. The van der Waals surface area contributed by atoms with Gasteiger partial charge in [-0.15, -0.1) is 0 Å². The number of hydrogen-bond acceptors (Lipinski definition) is 3. The van der Waals surface area contributed by atoms with E-state index in [1.54, 1.807) is 12.1 Å². The highest BCUT2D eigenvalue weighted by molar-refractivity contribution is 7.91. The van der Waals surface area contributed by atoms with Crippen LogP contribution >= 0.6 is 0 Å². The van der Waals surface area contributed by atoms with E-state index in [-0.39, 0.29) is 12.2 Å². The lowest BCUT2D eigenvalue weighted by molar-refractivity contribution is -0.138. The van der Waals surface area contributed by atoms with E-state index >= 15 is 0 Å². The molecule has 0 amide bonds. The van der Waals surface area contributed by atoms with Crippen LogP contribution in [0.5, 0.6) is 0 Å². The summed E-state index contributed by atoms with van der Waals surface area (Å²) in [6, 6.07) is 5.17. The lowest BCUT2D eigenvalue weighted by atomic mass is 9.81. The molecule has 0 unspecified atom stereocenters. The first-order valence-corrected chi connectivity index (χ1v) is 7.45. The van der Waals surface area contributed by atoms with Crippen molar-refractivity contribution in [1.29, 1.82) is 0 Å². The molecule has 1 aliphatic rings. The number of aliphatic carboxylic acids is 1. The van der Waals surface area contributed by atoms with E-state index in [2.05, 4.69) is 0 Å². The molecular formula is C13H16O4S. The lowest BCUT2D eigenvalue weighted by Gasteiger charge is -2.23. The van der Waals surface area contributed by atoms with Gasteiger partial charge in [-0.1, -0.05) is 26.0 Å². The molecular weight excluding hydrogens is 252 g/mol. The van der Waals surface area contributed by atoms with Crippen LogP contribution in [-0.2, 0) is 26.5 Å². The molecule has 0 radical (unpaired) electrons. The highest BCUT2D eigenvalue weighted by Gasteiger charge is 2.30. The number of rotatable bonds is 3. The second-order valence-corrected chi connectivity index (χ2v) is 7.42. The molecule has 0 fully saturated rings. The van der Waals surface area contributed by atoms with Gasteiger partial charge in [-0.25, -0.2) is 8.42 Å². The molecule has 1 aliphatic heterocycles. The normalized spacial score (nSPS) is 17.4. The van der Waals surface area contributed by atoms with Crippen LogP contribution in [0.4, 0.5) is 0 Å². The average molecular weight is 268 g/mol. The second kappa shape index (κ2) is 4.09. The van der Waals surface area contributed by atoms with Crippen LogP contribution in [0.15, 0.2) is 23.1 Å². The van der Waals surface area contributed by atoms with Crippen LogP contribution in [0, 0.1) is 0 Å².